The Kier molecular flexibility index (Phi) is 13.7. The molecule has 9 nitrogen and oxygen atoms in total. The SMILES string of the molecule is CC(=C[C@H](C(C)C)N(C)C(=O)[C@@H](NC(=O)[C@H]1CCCCN1C(C)C)C(C)(C)C)C(=O)N1CCC[C@H]1C(=O)N[C@H](C)C1CCCCC1. The number of likely N-dealkylation sites (tertiary alicyclic amines) is 2. The summed E-state index contributed by atoms with van der Waals surface area (Å²) in [5.41, 5.74) is 0.0174. The Labute approximate surface area is 279 Å². The third-order valence-electron chi connectivity index (χ3n) is 10.7. The number of nitrogens with zero attached hydrogens (tertiary/aromatic N) is 3. The molecule has 2 saturated heterocycles. The van der Waals surface area contributed by atoms with Gasteiger partial charge in [0, 0.05) is 31.2 Å². The van der Waals surface area contributed by atoms with Gasteiger partial charge < -0.3 is 20.4 Å². The van der Waals surface area contributed by atoms with Crippen molar-refractivity contribution >= 4 is 23.6 Å². The summed E-state index contributed by atoms with van der Waals surface area (Å²) >= 11 is 0. The van der Waals surface area contributed by atoms with Crippen LogP contribution < -0.4 is 10.6 Å². The Hall–Kier alpha value is -2.42. The Morgan fingerprint density at radius 2 is 1.37 bits per heavy atom. The summed E-state index contributed by atoms with van der Waals surface area (Å²) in [5, 5.41) is 6.39. The summed E-state index contributed by atoms with van der Waals surface area (Å²) in [7, 11) is 1.77. The van der Waals surface area contributed by atoms with Crippen LogP contribution in [0.3, 0.4) is 0 Å². The summed E-state index contributed by atoms with van der Waals surface area (Å²) in [6.45, 7) is 19.6. The lowest BCUT2D eigenvalue weighted by Gasteiger charge is -2.41. The molecule has 4 amide bonds. The van der Waals surface area contributed by atoms with E-state index in [1.165, 1.54) is 19.3 Å². The van der Waals surface area contributed by atoms with Gasteiger partial charge in [-0.05, 0) is 90.0 Å². The number of nitrogens with one attached hydrogen (secondary N) is 2. The second-order valence-corrected chi connectivity index (χ2v) is 16.0. The van der Waals surface area contributed by atoms with Crippen molar-refractivity contribution in [1.29, 1.82) is 0 Å². The summed E-state index contributed by atoms with van der Waals surface area (Å²) < 4.78 is 0. The van der Waals surface area contributed by atoms with Crippen molar-refractivity contribution in [2.45, 2.75) is 163 Å². The zero-order chi connectivity index (χ0) is 34.3. The number of hydrogen-bond acceptors (Lipinski definition) is 5. The predicted molar refractivity (Wildman–Crippen MR) is 185 cm³/mol. The maximum absolute atomic E-state index is 14.2. The van der Waals surface area contributed by atoms with Crippen LogP contribution >= 0.6 is 0 Å². The van der Waals surface area contributed by atoms with Gasteiger partial charge in [0.1, 0.15) is 12.1 Å². The lowest BCUT2D eigenvalue weighted by Crippen LogP contribution is -2.60. The molecule has 0 aromatic rings. The fraction of sp³-hybridized carbons (Fsp3) is 0.838. The Bertz CT molecular complexity index is 1090. The van der Waals surface area contributed by atoms with Crippen molar-refractivity contribution in [1.82, 2.24) is 25.3 Å². The number of carbonyl (C=O) groups excluding carboxylic acids is 4. The molecule has 0 spiro atoms. The van der Waals surface area contributed by atoms with Gasteiger partial charge in [-0.3, -0.25) is 24.1 Å². The Morgan fingerprint density at radius 3 is 1.96 bits per heavy atom. The fourth-order valence-electron chi connectivity index (χ4n) is 7.75. The quantitative estimate of drug-likeness (QED) is 0.298. The molecule has 2 aliphatic heterocycles. The minimum Gasteiger partial charge on any atom is -0.352 e. The standard InChI is InChI=1S/C37H65N5O4/c1-24(2)31(40(10)36(46)32(37(7,8)9)39-34(44)29-19-14-15-21-41(29)25(3)4)23-26(5)35(45)42-22-16-20-30(42)33(43)38-27(6)28-17-12-11-13-18-28/h23-25,27-32H,11-22H2,1-10H3,(H,38,43)(H,39,44)/t27-,29-,30+,31-,32-/m1/s1. The third kappa shape index (κ3) is 9.57. The first-order chi connectivity index (χ1) is 21.5. The topological polar surface area (TPSA) is 102 Å². The minimum absolute atomic E-state index is 0.0248. The van der Waals surface area contributed by atoms with Gasteiger partial charge in [-0.25, -0.2) is 0 Å². The first-order valence-electron chi connectivity index (χ1n) is 18.2. The zero-order valence-corrected chi connectivity index (χ0v) is 30.7. The molecule has 3 fully saturated rings. The van der Waals surface area contributed by atoms with Crippen LogP contribution in [-0.4, -0.2) is 94.7 Å². The first kappa shape index (κ1) is 38.0. The molecule has 1 saturated carbocycles. The van der Waals surface area contributed by atoms with Crippen LogP contribution in [0.5, 0.6) is 0 Å². The van der Waals surface area contributed by atoms with Gasteiger partial charge in [0.05, 0.1) is 12.1 Å². The first-order valence-corrected chi connectivity index (χ1v) is 18.2. The summed E-state index contributed by atoms with van der Waals surface area (Å²) in [6, 6.07) is -1.43. The fourth-order valence-corrected chi connectivity index (χ4v) is 7.75. The van der Waals surface area contributed by atoms with E-state index in [2.05, 4.69) is 36.3 Å². The van der Waals surface area contributed by atoms with Crippen LogP contribution in [0.1, 0.15) is 127 Å². The van der Waals surface area contributed by atoms with E-state index in [-0.39, 0.29) is 53.7 Å². The van der Waals surface area contributed by atoms with E-state index >= 15 is 0 Å². The van der Waals surface area contributed by atoms with Crippen molar-refractivity contribution < 1.29 is 19.2 Å². The molecule has 2 heterocycles. The van der Waals surface area contributed by atoms with Crippen LogP contribution in [0.4, 0.5) is 0 Å². The molecule has 1 aliphatic carbocycles. The maximum Gasteiger partial charge on any atom is 0.249 e. The number of hydrogen-bond donors (Lipinski definition) is 2. The molecule has 46 heavy (non-hydrogen) atoms. The highest BCUT2D eigenvalue weighted by Crippen LogP contribution is 2.29. The highest BCUT2D eigenvalue weighted by atomic mass is 16.2. The number of carbonyl (C=O) groups is 4. The van der Waals surface area contributed by atoms with Gasteiger partial charge >= 0.3 is 0 Å². The molecule has 2 N–H and O–H groups in total. The van der Waals surface area contributed by atoms with Crippen LogP contribution in [-0.2, 0) is 19.2 Å². The van der Waals surface area contributed by atoms with Crippen LogP contribution in [0.15, 0.2) is 11.6 Å². The van der Waals surface area contributed by atoms with E-state index in [1.807, 2.05) is 40.7 Å². The van der Waals surface area contributed by atoms with Crippen molar-refractivity contribution in [3.63, 3.8) is 0 Å². The smallest absolute Gasteiger partial charge is 0.249 e. The highest BCUT2D eigenvalue weighted by molar-refractivity contribution is 5.97. The van der Waals surface area contributed by atoms with Crippen molar-refractivity contribution in [2.24, 2.45) is 17.3 Å². The minimum atomic E-state index is -0.718. The van der Waals surface area contributed by atoms with E-state index in [9.17, 15) is 19.2 Å². The lowest BCUT2D eigenvalue weighted by atomic mass is 9.84. The van der Waals surface area contributed by atoms with E-state index < -0.39 is 17.5 Å². The van der Waals surface area contributed by atoms with Crippen LogP contribution in [0, 0.1) is 17.3 Å². The highest BCUT2D eigenvalue weighted by Gasteiger charge is 2.41. The van der Waals surface area contributed by atoms with Gasteiger partial charge in [-0.1, -0.05) is 66.4 Å². The summed E-state index contributed by atoms with van der Waals surface area (Å²) in [5.74, 6) is 0.0656. The van der Waals surface area contributed by atoms with E-state index in [4.69, 9.17) is 0 Å². The summed E-state index contributed by atoms with van der Waals surface area (Å²) in [6.07, 6.45) is 12.2. The molecule has 0 bridgehead atoms. The molecule has 0 radical (unpaired) electrons. The second kappa shape index (κ2) is 16.6. The molecule has 3 rings (SSSR count). The van der Waals surface area contributed by atoms with Gasteiger partial charge in [-0.15, -0.1) is 0 Å². The molecule has 3 aliphatic rings. The molecule has 0 unspecified atom stereocenters. The number of rotatable bonds is 11. The van der Waals surface area contributed by atoms with Crippen molar-refractivity contribution in [2.75, 3.05) is 20.1 Å². The monoisotopic (exact) mass is 644 g/mol. The van der Waals surface area contributed by atoms with E-state index in [1.54, 1.807) is 23.8 Å². The van der Waals surface area contributed by atoms with Gasteiger partial charge in [0.25, 0.3) is 0 Å². The normalized spacial score (nSPS) is 24.1. The number of likely N-dealkylation sites (N-methyl/N-ethyl adjacent to an activating group) is 1. The molecular formula is C37H65N5O4. The number of amides is 4. The van der Waals surface area contributed by atoms with Crippen LogP contribution in [0.2, 0.25) is 0 Å². The Morgan fingerprint density at radius 1 is 0.783 bits per heavy atom. The molecule has 9 heteroatoms. The van der Waals surface area contributed by atoms with Crippen LogP contribution in [0.25, 0.3) is 0 Å². The van der Waals surface area contributed by atoms with E-state index in [0.29, 0.717) is 24.5 Å². The largest absolute Gasteiger partial charge is 0.352 e. The second-order valence-electron chi connectivity index (χ2n) is 16.0. The average molecular weight is 644 g/mol. The molecule has 5 atom stereocenters. The molecule has 262 valence electrons. The third-order valence-corrected chi connectivity index (χ3v) is 10.7. The van der Waals surface area contributed by atoms with Crippen molar-refractivity contribution in [3.8, 4) is 0 Å². The van der Waals surface area contributed by atoms with Gasteiger partial charge in [0.15, 0.2) is 0 Å². The van der Waals surface area contributed by atoms with Gasteiger partial charge in [-0.2, -0.15) is 0 Å². The maximum atomic E-state index is 14.2. The predicted octanol–water partition coefficient (Wildman–Crippen LogP) is 5.29. The van der Waals surface area contributed by atoms with E-state index in [0.717, 1.165) is 45.1 Å². The molecular weight excluding hydrogens is 578 g/mol. The van der Waals surface area contributed by atoms with Gasteiger partial charge in [0.2, 0.25) is 23.6 Å². The molecule has 0 aromatic carbocycles. The summed E-state index contributed by atoms with van der Waals surface area (Å²) in [4.78, 5) is 60.7. The lowest BCUT2D eigenvalue weighted by molar-refractivity contribution is -0.142. The zero-order valence-electron chi connectivity index (χ0n) is 30.7. The Balaban J connectivity index is 1.74. The van der Waals surface area contributed by atoms with Crippen molar-refractivity contribution in [3.05, 3.63) is 11.6 Å². The molecule has 0 aromatic heterocycles. The number of piperidine rings is 1. The average Bonchev–Trinajstić information content (AvgIpc) is 3.51.